The van der Waals surface area contributed by atoms with E-state index < -0.39 is 12.1 Å². The average Bonchev–Trinajstić information content (AvgIpc) is 3.18. The number of pyridine rings is 1. The molecule has 0 radical (unpaired) electrons. The molecule has 0 spiro atoms. The number of hydrogen-bond acceptors (Lipinski definition) is 4. The first-order chi connectivity index (χ1) is 16.4. The highest BCUT2D eigenvalue weighted by atomic mass is 35.5. The molecule has 0 saturated carbocycles. The highest BCUT2D eigenvalue weighted by molar-refractivity contribution is 6.30. The van der Waals surface area contributed by atoms with Crippen LogP contribution in [0.2, 0.25) is 5.02 Å². The minimum Gasteiger partial charge on any atom is -0.289 e. The third-order valence-corrected chi connectivity index (χ3v) is 5.59. The van der Waals surface area contributed by atoms with Gasteiger partial charge in [0.25, 0.3) is 0 Å². The summed E-state index contributed by atoms with van der Waals surface area (Å²) in [5.74, 6) is -2.06. The number of fused-ring (bicyclic) bond motifs is 1. The number of amides is 1. The molecule has 0 bridgehead atoms. The Morgan fingerprint density at radius 3 is 2.49 bits per heavy atom. The zero-order valence-electron chi connectivity index (χ0n) is 19.3. The molecule has 0 N–H and O–H groups in total. The third-order valence-electron chi connectivity index (χ3n) is 5.36. The van der Waals surface area contributed by atoms with E-state index in [1.807, 2.05) is 26.8 Å². The largest absolute Gasteiger partial charge is 0.471 e. The van der Waals surface area contributed by atoms with Crippen LogP contribution in [0.5, 0.6) is 0 Å². The van der Waals surface area contributed by atoms with Crippen LogP contribution >= 0.6 is 11.6 Å². The van der Waals surface area contributed by atoms with Crippen LogP contribution in [0.1, 0.15) is 27.2 Å². The maximum absolute atomic E-state index is 13.5. The van der Waals surface area contributed by atoms with Gasteiger partial charge in [0.05, 0.1) is 5.69 Å². The summed E-state index contributed by atoms with van der Waals surface area (Å²) < 4.78 is 42.0. The van der Waals surface area contributed by atoms with E-state index >= 15 is 0 Å². The summed E-state index contributed by atoms with van der Waals surface area (Å²) in [6, 6.07) is 13.7. The molecule has 3 heterocycles. The second kappa shape index (κ2) is 9.30. The lowest BCUT2D eigenvalue weighted by Crippen LogP contribution is -2.43. The Morgan fingerprint density at radius 2 is 1.80 bits per heavy atom. The first-order valence-corrected chi connectivity index (χ1v) is 11.3. The molecule has 0 fully saturated rings. The van der Waals surface area contributed by atoms with E-state index in [4.69, 9.17) is 11.6 Å². The SMILES string of the molecule is CC(C)(C)CCN(C(=O)C(F)(F)F)c1cc(-c2c(-c3cccc(Cl)c3)nc3cccnn23)ccn1. The molecule has 3 aromatic heterocycles. The Balaban J connectivity index is 1.87. The molecule has 0 aliphatic carbocycles. The van der Waals surface area contributed by atoms with Crippen molar-refractivity contribution in [2.24, 2.45) is 5.41 Å². The van der Waals surface area contributed by atoms with Crippen LogP contribution < -0.4 is 4.90 Å². The van der Waals surface area contributed by atoms with Crippen molar-refractivity contribution in [3.05, 3.63) is 65.9 Å². The van der Waals surface area contributed by atoms with Crippen LogP contribution in [0.15, 0.2) is 60.9 Å². The third kappa shape index (κ3) is 5.45. The van der Waals surface area contributed by atoms with Gasteiger partial charge in [-0.1, -0.05) is 44.5 Å². The van der Waals surface area contributed by atoms with Crippen LogP contribution in [0.3, 0.4) is 0 Å². The maximum atomic E-state index is 13.5. The van der Waals surface area contributed by atoms with Crippen molar-refractivity contribution in [1.82, 2.24) is 19.6 Å². The molecule has 4 aromatic rings. The van der Waals surface area contributed by atoms with Crippen molar-refractivity contribution in [2.45, 2.75) is 33.4 Å². The molecule has 35 heavy (non-hydrogen) atoms. The van der Waals surface area contributed by atoms with Gasteiger partial charge in [-0.15, -0.1) is 0 Å². The van der Waals surface area contributed by atoms with E-state index in [1.54, 1.807) is 47.1 Å². The number of nitrogens with zero attached hydrogens (tertiary/aromatic N) is 5. The molecule has 0 atom stereocenters. The van der Waals surface area contributed by atoms with Crippen LogP contribution in [-0.2, 0) is 4.79 Å². The lowest BCUT2D eigenvalue weighted by Gasteiger charge is -2.27. The lowest BCUT2D eigenvalue weighted by atomic mass is 9.92. The molecule has 0 saturated heterocycles. The molecular formula is C25H23ClF3N5O. The van der Waals surface area contributed by atoms with Gasteiger partial charge in [-0.2, -0.15) is 18.3 Å². The second-order valence-corrected chi connectivity index (χ2v) is 9.72. The Labute approximate surface area is 205 Å². The predicted octanol–water partition coefficient (Wildman–Crippen LogP) is 6.44. The number of rotatable bonds is 5. The van der Waals surface area contributed by atoms with E-state index in [-0.39, 0.29) is 17.8 Å². The zero-order chi connectivity index (χ0) is 25.4. The normalized spacial score (nSPS) is 12.2. The van der Waals surface area contributed by atoms with Gasteiger partial charge in [0.2, 0.25) is 0 Å². The number of alkyl halides is 3. The van der Waals surface area contributed by atoms with Crippen LogP contribution in [0, 0.1) is 5.41 Å². The summed E-state index contributed by atoms with van der Waals surface area (Å²) in [4.78, 5) is 21.8. The number of imidazole rings is 1. The Morgan fingerprint density at radius 1 is 1.03 bits per heavy atom. The van der Waals surface area contributed by atoms with Crippen molar-refractivity contribution in [3.63, 3.8) is 0 Å². The highest BCUT2D eigenvalue weighted by Gasteiger charge is 2.43. The number of carbonyl (C=O) groups excluding carboxylic acids is 1. The molecule has 4 rings (SSSR count). The van der Waals surface area contributed by atoms with Crippen molar-refractivity contribution in [3.8, 4) is 22.5 Å². The summed E-state index contributed by atoms with van der Waals surface area (Å²) >= 11 is 6.20. The van der Waals surface area contributed by atoms with Crippen LogP contribution in [-0.4, -0.2) is 38.2 Å². The molecule has 1 aromatic carbocycles. The van der Waals surface area contributed by atoms with E-state index in [1.165, 1.54) is 12.3 Å². The minimum atomic E-state index is -5.04. The number of benzene rings is 1. The number of hydrogen-bond donors (Lipinski definition) is 0. The van der Waals surface area contributed by atoms with Crippen molar-refractivity contribution in [1.29, 1.82) is 0 Å². The quantitative estimate of drug-likeness (QED) is 0.315. The average molecular weight is 502 g/mol. The van der Waals surface area contributed by atoms with Crippen molar-refractivity contribution < 1.29 is 18.0 Å². The number of halogens is 4. The standard InChI is InChI=1S/C25H23ClF3N5O/c1-24(2,3)10-13-33(23(35)25(27,28)29)20-15-17(9-12-30-20)22-21(16-6-4-7-18(26)14-16)32-19-8-5-11-31-34(19)22/h4-9,11-12,14-15H,10,13H2,1-3H3. The van der Waals surface area contributed by atoms with Gasteiger partial charge < -0.3 is 0 Å². The lowest BCUT2D eigenvalue weighted by molar-refractivity contribution is -0.170. The topological polar surface area (TPSA) is 63.4 Å². The molecule has 182 valence electrons. The predicted molar refractivity (Wildman–Crippen MR) is 129 cm³/mol. The maximum Gasteiger partial charge on any atom is 0.471 e. The summed E-state index contributed by atoms with van der Waals surface area (Å²) in [6.07, 6.45) is -1.72. The van der Waals surface area contributed by atoms with E-state index in [2.05, 4.69) is 15.1 Å². The van der Waals surface area contributed by atoms with Gasteiger partial charge in [-0.25, -0.2) is 14.5 Å². The van der Waals surface area contributed by atoms with Gasteiger partial charge >= 0.3 is 12.1 Å². The van der Waals surface area contributed by atoms with Crippen molar-refractivity contribution in [2.75, 3.05) is 11.4 Å². The Hall–Kier alpha value is -3.46. The van der Waals surface area contributed by atoms with Gasteiger partial charge in [-0.3, -0.25) is 9.69 Å². The Bertz CT molecular complexity index is 1380. The van der Waals surface area contributed by atoms with Crippen LogP contribution in [0.25, 0.3) is 28.2 Å². The first-order valence-electron chi connectivity index (χ1n) is 10.9. The highest BCUT2D eigenvalue weighted by Crippen LogP contribution is 2.35. The molecule has 0 aliphatic heterocycles. The number of anilines is 1. The fourth-order valence-corrected chi connectivity index (χ4v) is 3.81. The second-order valence-electron chi connectivity index (χ2n) is 9.28. The first kappa shape index (κ1) is 24.7. The summed E-state index contributed by atoms with van der Waals surface area (Å²) in [6.45, 7) is 5.56. The number of carbonyl (C=O) groups is 1. The fourth-order valence-electron chi connectivity index (χ4n) is 3.62. The van der Waals surface area contributed by atoms with Gasteiger partial charge in [0, 0.05) is 35.1 Å². The molecule has 10 heteroatoms. The van der Waals surface area contributed by atoms with E-state index in [0.717, 1.165) is 0 Å². The molecule has 6 nitrogen and oxygen atoms in total. The molecule has 0 unspecified atom stereocenters. The van der Waals surface area contributed by atoms with Gasteiger partial charge in [0.15, 0.2) is 5.65 Å². The van der Waals surface area contributed by atoms with E-state index in [0.29, 0.717) is 44.5 Å². The fraction of sp³-hybridized carbons (Fsp3) is 0.280. The monoisotopic (exact) mass is 501 g/mol. The molecule has 1 amide bonds. The summed E-state index contributed by atoms with van der Waals surface area (Å²) in [7, 11) is 0. The Kier molecular flexibility index (Phi) is 6.55. The molecule has 0 aliphatic rings. The summed E-state index contributed by atoms with van der Waals surface area (Å²) in [5.41, 5.74) is 2.58. The van der Waals surface area contributed by atoms with Crippen molar-refractivity contribution >= 4 is 29.0 Å². The smallest absolute Gasteiger partial charge is 0.289 e. The van der Waals surface area contributed by atoms with Gasteiger partial charge in [0.1, 0.15) is 11.5 Å². The minimum absolute atomic E-state index is 0.1000. The summed E-state index contributed by atoms with van der Waals surface area (Å²) in [5, 5.41) is 4.90. The molecular weight excluding hydrogens is 479 g/mol. The number of aromatic nitrogens is 4. The van der Waals surface area contributed by atoms with E-state index in [9.17, 15) is 18.0 Å². The van der Waals surface area contributed by atoms with Gasteiger partial charge in [-0.05, 0) is 48.2 Å². The van der Waals surface area contributed by atoms with Crippen LogP contribution in [0.4, 0.5) is 19.0 Å². The zero-order valence-corrected chi connectivity index (χ0v) is 20.1.